The molecule has 0 fully saturated rings. The first kappa shape index (κ1) is 10.4. The Bertz CT molecular complexity index is 467. The molecule has 0 saturated heterocycles. The molecule has 0 radical (unpaired) electrons. The first-order chi connectivity index (χ1) is 7.27. The molecule has 1 aromatic heterocycles. The molecular formula is C11H13NO2S. The van der Waals surface area contributed by atoms with E-state index in [0.29, 0.717) is 0 Å². The summed E-state index contributed by atoms with van der Waals surface area (Å²) in [6.45, 7) is 0.202. The van der Waals surface area contributed by atoms with Crippen molar-refractivity contribution in [3.63, 3.8) is 0 Å². The van der Waals surface area contributed by atoms with Crippen LogP contribution in [0.15, 0.2) is 23.6 Å². The zero-order chi connectivity index (χ0) is 10.8. The predicted molar refractivity (Wildman–Crippen MR) is 62.4 cm³/mol. The minimum Gasteiger partial charge on any atom is -0.495 e. The number of fused-ring (bicyclic) bond motifs is 1. The molecule has 2 aromatic rings. The van der Waals surface area contributed by atoms with Gasteiger partial charge in [-0.1, -0.05) is 12.1 Å². The second-order valence-electron chi connectivity index (χ2n) is 3.28. The Morgan fingerprint density at radius 1 is 1.47 bits per heavy atom. The molecule has 0 spiro atoms. The van der Waals surface area contributed by atoms with Crippen LogP contribution in [0.1, 0.15) is 11.7 Å². The van der Waals surface area contributed by atoms with Crippen LogP contribution in [-0.4, -0.2) is 18.8 Å². The number of ether oxygens (including phenoxy) is 1. The number of rotatable bonds is 3. The van der Waals surface area contributed by atoms with Gasteiger partial charge in [0, 0.05) is 12.1 Å². The Morgan fingerprint density at radius 3 is 2.93 bits per heavy atom. The second kappa shape index (κ2) is 4.18. The van der Waals surface area contributed by atoms with Gasteiger partial charge in [-0.3, -0.25) is 0 Å². The Hall–Kier alpha value is -1.10. The van der Waals surface area contributed by atoms with Crippen LogP contribution < -0.4 is 10.5 Å². The zero-order valence-electron chi connectivity index (χ0n) is 8.43. The normalized spacial score (nSPS) is 13.0. The van der Waals surface area contributed by atoms with Crippen molar-refractivity contribution in [1.82, 2.24) is 0 Å². The fourth-order valence-electron chi connectivity index (χ4n) is 1.62. The van der Waals surface area contributed by atoms with Crippen molar-refractivity contribution >= 4 is 21.4 Å². The van der Waals surface area contributed by atoms with E-state index in [1.54, 1.807) is 18.4 Å². The molecule has 80 valence electrons. The van der Waals surface area contributed by atoms with Gasteiger partial charge in [0.2, 0.25) is 0 Å². The Balaban J connectivity index is 2.63. The van der Waals surface area contributed by atoms with Crippen molar-refractivity contribution in [1.29, 1.82) is 0 Å². The van der Waals surface area contributed by atoms with E-state index in [2.05, 4.69) is 0 Å². The van der Waals surface area contributed by atoms with E-state index in [9.17, 15) is 5.11 Å². The van der Waals surface area contributed by atoms with Crippen molar-refractivity contribution in [3.8, 4) is 5.75 Å². The molecular weight excluding hydrogens is 210 g/mol. The zero-order valence-corrected chi connectivity index (χ0v) is 9.25. The van der Waals surface area contributed by atoms with Crippen LogP contribution >= 0.6 is 11.3 Å². The molecule has 1 unspecified atom stereocenters. The van der Waals surface area contributed by atoms with Gasteiger partial charge in [-0.2, -0.15) is 0 Å². The van der Waals surface area contributed by atoms with Gasteiger partial charge in [-0.25, -0.2) is 0 Å². The Kier molecular flexibility index (Phi) is 2.90. The molecule has 3 nitrogen and oxygen atoms in total. The number of aliphatic hydroxyl groups excluding tert-OH is 1. The van der Waals surface area contributed by atoms with Gasteiger partial charge in [-0.05, 0) is 16.8 Å². The number of thiophene rings is 1. The summed E-state index contributed by atoms with van der Waals surface area (Å²) in [5, 5.41) is 12.9. The summed E-state index contributed by atoms with van der Waals surface area (Å²) in [5.41, 5.74) is 6.20. The summed E-state index contributed by atoms with van der Waals surface area (Å²) < 4.78 is 6.39. The third-order valence-electron chi connectivity index (χ3n) is 2.39. The molecule has 15 heavy (non-hydrogen) atoms. The van der Waals surface area contributed by atoms with Gasteiger partial charge in [0.1, 0.15) is 5.75 Å². The van der Waals surface area contributed by atoms with Crippen molar-refractivity contribution in [2.45, 2.75) is 6.10 Å². The standard InChI is InChI=1S/C11H13NO2S/c1-14-10-8(9(13)6-12)3-2-7-4-5-15-11(7)10/h2-5,9,13H,6,12H2,1H3. The van der Waals surface area contributed by atoms with Crippen LogP contribution in [0, 0.1) is 0 Å². The summed E-state index contributed by atoms with van der Waals surface area (Å²) in [6.07, 6.45) is -0.661. The third-order valence-corrected chi connectivity index (χ3v) is 3.32. The maximum atomic E-state index is 9.74. The molecule has 4 heteroatoms. The Morgan fingerprint density at radius 2 is 2.27 bits per heavy atom. The lowest BCUT2D eigenvalue weighted by molar-refractivity contribution is 0.182. The highest BCUT2D eigenvalue weighted by molar-refractivity contribution is 7.17. The SMILES string of the molecule is COc1c(C(O)CN)ccc2ccsc12. The minimum absolute atomic E-state index is 0.202. The van der Waals surface area contributed by atoms with E-state index in [0.717, 1.165) is 21.4 Å². The lowest BCUT2D eigenvalue weighted by Crippen LogP contribution is -2.12. The van der Waals surface area contributed by atoms with Crippen LogP contribution in [0.3, 0.4) is 0 Å². The number of aliphatic hydroxyl groups is 1. The second-order valence-corrected chi connectivity index (χ2v) is 4.19. The largest absolute Gasteiger partial charge is 0.495 e. The van der Waals surface area contributed by atoms with Crippen molar-refractivity contribution < 1.29 is 9.84 Å². The summed E-state index contributed by atoms with van der Waals surface area (Å²) >= 11 is 1.60. The van der Waals surface area contributed by atoms with Crippen molar-refractivity contribution in [3.05, 3.63) is 29.1 Å². The lowest BCUT2D eigenvalue weighted by Gasteiger charge is -2.13. The van der Waals surface area contributed by atoms with Gasteiger partial charge >= 0.3 is 0 Å². The van der Waals surface area contributed by atoms with Gasteiger partial charge in [0.05, 0.1) is 17.9 Å². The van der Waals surface area contributed by atoms with Gasteiger partial charge in [-0.15, -0.1) is 11.3 Å². The Labute approximate surface area is 92.1 Å². The fourth-order valence-corrected chi connectivity index (χ4v) is 2.55. The van der Waals surface area contributed by atoms with Crippen molar-refractivity contribution in [2.24, 2.45) is 5.73 Å². The van der Waals surface area contributed by atoms with E-state index in [1.165, 1.54) is 0 Å². The molecule has 0 bridgehead atoms. The maximum absolute atomic E-state index is 9.74. The average Bonchev–Trinajstić information content (AvgIpc) is 2.74. The first-order valence-electron chi connectivity index (χ1n) is 4.70. The monoisotopic (exact) mass is 223 g/mol. The van der Waals surface area contributed by atoms with Crippen LogP contribution in [0.4, 0.5) is 0 Å². The van der Waals surface area contributed by atoms with Crippen LogP contribution in [-0.2, 0) is 0 Å². The summed E-state index contributed by atoms with van der Waals surface area (Å²) in [7, 11) is 1.61. The van der Waals surface area contributed by atoms with Crippen molar-refractivity contribution in [2.75, 3.05) is 13.7 Å². The smallest absolute Gasteiger partial charge is 0.142 e. The molecule has 0 aliphatic heterocycles. The molecule has 1 atom stereocenters. The maximum Gasteiger partial charge on any atom is 0.142 e. The summed E-state index contributed by atoms with van der Waals surface area (Å²) in [6, 6.07) is 5.87. The highest BCUT2D eigenvalue weighted by atomic mass is 32.1. The first-order valence-corrected chi connectivity index (χ1v) is 5.58. The lowest BCUT2D eigenvalue weighted by atomic mass is 10.1. The van der Waals surface area contributed by atoms with E-state index in [1.807, 2.05) is 23.6 Å². The van der Waals surface area contributed by atoms with Gasteiger partial charge in [0.25, 0.3) is 0 Å². The molecule has 0 amide bonds. The molecule has 0 aliphatic rings. The fraction of sp³-hybridized carbons (Fsp3) is 0.273. The number of hydrogen-bond donors (Lipinski definition) is 2. The van der Waals surface area contributed by atoms with Crippen LogP contribution in [0.2, 0.25) is 0 Å². The summed E-state index contributed by atoms with van der Waals surface area (Å²) in [4.78, 5) is 0. The molecule has 1 aromatic carbocycles. The predicted octanol–water partition coefficient (Wildman–Crippen LogP) is 1.90. The minimum atomic E-state index is -0.661. The molecule has 0 saturated carbocycles. The van der Waals surface area contributed by atoms with E-state index >= 15 is 0 Å². The number of nitrogens with two attached hydrogens (primary N) is 1. The number of methoxy groups -OCH3 is 1. The van der Waals surface area contributed by atoms with E-state index < -0.39 is 6.10 Å². The van der Waals surface area contributed by atoms with Crippen LogP contribution in [0.25, 0.3) is 10.1 Å². The molecule has 1 heterocycles. The highest BCUT2D eigenvalue weighted by Crippen LogP contribution is 2.36. The average molecular weight is 223 g/mol. The van der Waals surface area contributed by atoms with E-state index in [4.69, 9.17) is 10.5 Å². The van der Waals surface area contributed by atoms with Crippen LogP contribution in [0.5, 0.6) is 5.75 Å². The highest BCUT2D eigenvalue weighted by Gasteiger charge is 2.14. The van der Waals surface area contributed by atoms with Gasteiger partial charge in [0.15, 0.2) is 0 Å². The summed E-state index contributed by atoms with van der Waals surface area (Å²) in [5.74, 6) is 0.737. The number of benzene rings is 1. The van der Waals surface area contributed by atoms with E-state index in [-0.39, 0.29) is 6.54 Å². The quantitative estimate of drug-likeness (QED) is 0.835. The third kappa shape index (κ3) is 1.71. The molecule has 0 aliphatic carbocycles. The molecule has 3 N–H and O–H groups in total. The van der Waals surface area contributed by atoms with Gasteiger partial charge < -0.3 is 15.6 Å². The molecule has 2 rings (SSSR count). The number of hydrogen-bond acceptors (Lipinski definition) is 4. The topological polar surface area (TPSA) is 55.5 Å².